The number of rotatable bonds is 8. The lowest BCUT2D eigenvalue weighted by molar-refractivity contribution is -0.138. The van der Waals surface area contributed by atoms with Gasteiger partial charge in [0.1, 0.15) is 5.75 Å². The van der Waals surface area contributed by atoms with Crippen molar-refractivity contribution in [3.8, 4) is 5.75 Å². The summed E-state index contributed by atoms with van der Waals surface area (Å²) in [5.41, 5.74) is -1.10. The SMILES string of the molecule is CN(Cc1ccccc1)C(=O)C[C@]1(COc2ccccc2)CCCN(C(=O)c2ccccc2C(F)(F)F)C1. The number of piperidine rings is 1. The normalized spacial score (nSPS) is 17.6. The molecule has 2 amide bonds. The van der Waals surface area contributed by atoms with Gasteiger partial charge in [-0.05, 0) is 42.7 Å². The highest BCUT2D eigenvalue weighted by Gasteiger charge is 2.42. The Balaban J connectivity index is 1.57. The average Bonchev–Trinajstić information content (AvgIpc) is 2.92. The summed E-state index contributed by atoms with van der Waals surface area (Å²) in [5.74, 6) is -0.176. The highest BCUT2D eigenvalue weighted by molar-refractivity contribution is 5.96. The number of halogens is 3. The first-order valence-corrected chi connectivity index (χ1v) is 12.6. The first kappa shape index (κ1) is 27.2. The molecule has 0 aliphatic carbocycles. The van der Waals surface area contributed by atoms with Gasteiger partial charge in [-0.25, -0.2) is 0 Å². The van der Waals surface area contributed by atoms with Gasteiger partial charge in [-0.15, -0.1) is 0 Å². The topological polar surface area (TPSA) is 49.9 Å². The molecular weight excluding hydrogens is 493 g/mol. The number of ether oxygens (including phenoxy) is 1. The van der Waals surface area contributed by atoms with E-state index in [0.29, 0.717) is 31.7 Å². The lowest BCUT2D eigenvalue weighted by Gasteiger charge is -2.43. The van der Waals surface area contributed by atoms with Gasteiger partial charge in [0.25, 0.3) is 5.91 Å². The summed E-state index contributed by atoms with van der Waals surface area (Å²) in [6, 6.07) is 23.6. The minimum absolute atomic E-state index is 0.105. The minimum atomic E-state index is -4.65. The Morgan fingerprint density at radius 1 is 0.947 bits per heavy atom. The molecule has 0 aromatic heterocycles. The molecule has 0 saturated carbocycles. The van der Waals surface area contributed by atoms with Crippen LogP contribution in [-0.2, 0) is 17.5 Å². The molecule has 38 heavy (non-hydrogen) atoms. The molecule has 1 fully saturated rings. The molecule has 5 nitrogen and oxygen atoms in total. The molecule has 8 heteroatoms. The van der Waals surface area contributed by atoms with Gasteiger partial charge in [0.05, 0.1) is 17.7 Å². The molecule has 0 N–H and O–H groups in total. The monoisotopic (exact) mass is 524 g/mol. The molecular formula is C30H31F3N2O3. The summed E-state index contributed by atoms with van der Waals surface area (Å²) in [6.07, 6.45) is -3.39. The Morgan fingerprint density at radius 3 is 2.26 bits per heavy atom. The van der Waals surface area contributed by atoms with Crippen molar-refractivity contribution in [2.45, 2.75) is 32.0 Å². The van der Waals surface area contributed by atoms with Gasteiger partial charge in [-0.1, -0.05) is 60.7 Å². The predicted octanol–water partition coefficient (Wildman–Crippen LogP) is 6.06. The van der Waals surface area contributed by atoms with Crippen LogP contribution in [0.4, 0.5) is 13.2 Å². The van der Waals surface area contributed by atoms with Crippen LogP contribution in [0, 0.1) is 5.41 Å². The number of hydrogen-bond donors (Lipinski definition) is 0. The third kappa shape index (κ3) is 6.73. The predicted molar refractivity (Wildman–Crippen MR) is 138 cm³/mol. The number of nitrogens with zero attached hydrogens (tertiary/aromatic N) is 2. The van der Waals surface area contributed by atoms with E-state index in [1.165, 1.54) is 23.1 Å². The van der Waals surface area contributed by atoms with Gasteiger partial charge in [0, 0.05) is 38.5 Å². The van der Waals surface area contributed by atoms with E-state index < -0.39 is 23.1 Å². The van der Waals surface area contributed by atoms with E-state index >= 15 is 0 Å². The quantitative estimate of drug-likeness (QED) is 0.360. The molecule has 1 atom stereocenters. The van der Waals surface area contributed by atoms with E-state index in [9.17, 15) is 22.8 Å². The van der Waals surface area contributed by atoms with Crippen molar-refractivity contribution in [3.63, 3.8) is 0 Å². The van der Waals surface area contributed by atoms with E-state index in [-0.39, 0.29) is 31.0 Å². The smallest absolute Gasteiger partial charge is 0.417 e. The highest BCUT2D eigenvalue weighted by atomic mass is 19.4. The number of benzene rings is 3. The van der Waals surface area contributed by atoms with Crippen LogP contribution in [0.5, 0.6) is 5.75 Å². The number of likely N-dealkylation sites (tertiary alicyclic amines) is 1. The number of hydrogen-bond acceptors (Lipinski definition) is 3. The van der Waals surface area contributed by atoms with Crippen LogP contribution in [0.1, 0.15) is 40.7 Å². The van der Waals surface area contributed by atoms with Crippen LogP contribution in [-0.4, -0.2) is 48.4 Å². The lowest BCUT2D eigenvalue weighted by atomic mass is 9.77. The van der Waals surface area contributed by atoms with Crippen LogP contribution < -0.4 is 4.74 Å². The summed E-state index contributed by atoms with van der Waals surface area (Å²) >= 11 is 0. The molecule has 200 valence electrons. The van der Waals surface area contributed by atoms with Crippen molar-refractivity contribution in [2.75, 3.05) is 26.7 Å². The Hall–Kier alpha value is -3.81. The molecule has 4 rings (SSSR count). The van der Waals surface area contributed by atoms with Crippen LogP contribution >= 0.6 is 0 Å². The van der Waals surface area contributed by atoms with Crippen LogP contribution in [0.25, 0.3) is 0 Å². The summed E-state index contributed by atoms with van der Waals surface area (Å²) in [7, 11) is 1.73. The largest absolute Gasteiger partial charge is 0.493 e. The van der Waals surface area contributed by atoms with Crippen molar-refractivity contribution in [2.24, 2.45) is 5.41 Å². The number of alkyl halides is 3. The number of amides is 2. The maximum absolute atomic E-state index is 13.6. The molecule has 3 aromatic carbocycles. The molecule has 0 radical (unpaired) electrons. The summed E-state index contributed by atoms with van der Waals surface area (Å²) < 4.78 is 47.0. The molecule has 3 aromatic rings. The second-order valence-corrected chi connectivity index (χ2v) is 9.89. The molecule has 0 unspecified atom stereocenters. The molecule has 0 spiro atoms. The fraction of sp³-hybridized carbons (Fsp3) is 0.333. The van der Waals surface area contributed by atoms with E-state index in [0.717, 1.165) is 11.6 Å². The van der Waals surface area contributed by atoms with Gasteiger partial charge < -0.3 is 14.5 Å². The Kier molecular flexibility index (Phi) is 8.39. The zero-order chi connectivity index (χ0) is 27.2. The third-order valence-corrected chi connectivity index (χ3v) is 6.91. The molecule has 1 aliphatic rings. The van der Waals surface area contributed by atoms with E-state index in [1.807, 2.05) is 60.7 Å². The third-order valence-electron chi connectivity index (χ3n) is 6.91. The van der Waals surface area contributed by atoms with Crippen molar-refractivity contribution >= 4 is 11.8 Å². The van der Waals surface area contributed by atoms with Gasteiger partial charge in [-0.3, -0.25) is 9.59 Å². The van der Waals surface area contributed by atoms with Crippen molar-refractivity contribution in [3.05, 3.63) is 102 Å². The first-order valence-electron chi connectivity index (χ1n) is 12.6. The van der Waals surface area contributed by atoms with Crippen LogP contribution in [0.3, 0.4) is 0 Å². The molecule has 0 bridgehead atoms. The highest BCUT2D eigenvalue weighted by Crippen LogP contribution is 2.37. The van der Waals surface area contributed by atoms with E-state index in [1.54, 1.807) is 11.9 Å². The van der Waals surface area contributed by atoms with Gasteiger partial charge in [0.15, 0.2) is 0 Å². The summed E-state index contributed by atoms with van der Waals surface area (Å²) in [4.78, 5) is 29.8. The zero-order valence-corrected chi connectivity index (χ0v) is 21.3. The van der Waals surface area contributed by atoms with Crippen LogP contribution in [0.2, 0.25) is 0 Å². The van der Waals surface area contributed by atoms with Gasteiger partial charge >= 0.3 is 6.18 Å². The summed E-state index contributed by atoms with van der Waals surface area (Å²) in [6.45, 7) is 1.02. The average molecular weight is 525 g/mol. The number of para-hydroxylation sites is 1. The lowest BCUT2D eigenvalue weighted by Crippen LogP contribution is -2.51. The fourth-order valence-electron chi connectivity index (χ4n) is 4.94. The standard InChI is InChI=1S/C30H31F3N2O3/c1-34(20-23-11-4-2-5-12-23)27(36)19-29(22-38-24-13-6-3-7-14-24)17-10-18-35(21-29)28(37)25-15-8-9-16-26(25)30(31,32)33/h2-9,11-16H,10,17-22H2,1H3/t29-/m1/s1. The Bertz CT molecular complexity index is 1230. The van der Waals surface area contributed by atoms with Crippen molar-refractivity contribution in [1.82, 2.24) is 9.80 Å². The van der Waals surface area contributed by atoms with Crippen molar-refractivity contribution in [1.29, 1.82) is 0 Å². The minimum Gasteiger partial charge on any atom is -0.493 e. The second-order valence-electron chi connectivity index (χ2n) is 9.89. The maximum atomic E-state index is 13.6. The number of carbonyl (C=O) groups excluding carboxylic acids is 2. The Morgan fingerprint density at radius 2 is 1.58 bits per heavy atom. The fourth-order valence-corrected chi connectivity index (χ4v) is 4.94. The van der Waals surface area contributed by atoms with Crippen LogP contribution in [0.15, 0.2) is 84.9 Å². The zero-order valence-electron chi connectivity index (χ0n) is 21.3. The van der Waals surface area contributed by atoms with E-state index in [2.05, 4.69) is 0 Å². The molecule has 1 aliphatic heterocycles. The second kappa shape index (κ2) is 11.7. The van der Waals surface area contributed by atoms with E-state index in [4.69, 9.17) is 4.74 Å². The van der Waals surface area contributed by atoms with Gasteiger partial charge in [-0.2, -0.15) is 13.2 Å². The molecule has 1 heterocycles. The first-order chi connectivity index (χ1) is 18.2. The van der Waals surface area contributed by atoms with Gasteiger partial charge in [0.2, 0.25) is 5.91 Å². The van der Waals surface area contributed by atoms with Crippen molar-refractivity contribution < 1.29 is 27.5 Å². The summed E-state index contributed by atoms with van der Waals surface area (Å²) in [5, 5.41) is 0. The number of carbonyl (C=O) groups is 2. The maximum Gasteiger partial charge on any atom is 0.417 e. The Labute approximate surface area is 220 Å². The molecule has 1 saturated heterocycles.